The Morgan fingerprint density at radius 2 is 2.06 bits per heavy atom. The molecular formula is C11H18FIN2O. The number of nitrogens with one attached hydrogen (secondary N) is 2. The molecule has 0 aromatic rings. The second kappa shape index (κ2) is 5.27. The van der Waals surface area contributed by atoms with Crippen LogP contribution >= 0.6 is 22.9 Å². The molecule has 1 aliphatic heterocycles. The molecule has 1 heterocycles. The predicted octanol–water partition coefficient (Wildman–Crippen LogP) is 1.76. The van der Waals surface area contributed by atoms with Crippen LogP contribution < -0.4 is 8.85 Å². The van der Waals surface area contributed by atoms with Crippen molar-refractivity contribution in [2.24, 2.45) is 5.92 Å². The van der Waals surface area contributed by atoms with Crippen molar-refractivity contribution in [2.45, 2.75) is 43.8 Å². The minimum Gasteiger partial charge on any atom is -0.314 e. The highest BCUT2D eigenvalue weighted by molar-refractivity contribution is 14.1. The van der Waals surface area contributed by atoms with E-state index >= 15 is 0 Å². The van der Waals surface area contributed by atoms with Crippen LogP contribution in [0.4, 0.5) is 4.39 Å². The minimum atomic E-state index is -0.658. The number of halogens is 2. The minimum absolute atomic E-state index is 0.289. The number of hydrogen-bond donors (Lipinski definition) is 2. The molecule has 2 rings (SSSR count). The van der Waals surface area contributed by atoms with Gasteiger partial charge in [-0.1, -0.05) is 0 Å². The first-order valence-electron chi connectivity index (χ1n) is 5.95. The highest BCUT2D eigenvalue weighted by atomic mass is 127. The van der Waals surface area contributed by atoms with Gasteiger partial charge in [0, 0.05) is 42.4 Å². The summed E-state index contributed by atoms with van der Waals surface area (Å²) in [5.74, 6) is 0.583. The predicted molar refractivity (Wildman–Crippen MR) is 69.2 cm³/mol. The number of hydrogen-bond acceptors (Lipinski definition) is 3. The van der Waals surface area contributed by atoms with E-state index in [0.717, 1.165) is 19.4 Å². The van der Waals surface area contributed by atoms with Gasteiger partial charge in [-0.15, -0.1) is 0 Å². The second-order valence-electron chi connectivity index (χ2n) is 4.86. The van der Waals surface area contributed by atoms with E-state index in [-0.39, 0.29) is 5.92 Å². The summed E-state index contributed by atoms with van der Waals surface area (Å²) in [4.78, 5) is 12.1. The zero-order chi connectivity index (χ0) is 11.6. The molecule has 1 aliphatic carbocycles. The topological polar surface area (TPSA) is 41.1 Å². The van der Waals surface area contributed by atoms with Crippen LogP contribution in [0.5, 0.6) is 0 Å². The molecule has 0 amide bonds. The third-order valence-electron chi connectivity index (χ3n) is 3.95. The molecule has 1 saturated carbocycles. The largest absolute Gasteiger partial charge is 0.314 e. The zero-order valence-electron chi connectivity index (χ0n) is 9.27. The Morgan fingerprint density at radius 1 is 1.38 bits per heavy atom. The SMILES string of the molecule is O=C1CCNCC1(NI)C1CCC(F)CC1. The van der Waals surface area contributed by atoms with E-state index in [4.69, 9.17) is 0 Å². The van der Waals surface area contributed by atoms with Crippen LogP contribution in [0.2, 0.25) is 0 Å². The number of Topliss-reactive ketones (excluding diaryl/α,β-unsaturated/α-hetero) is 1. The highest BCUT2D eigenvalue weighted by Gasteiger charge is 2.46. The Morgan fingerprint density at radius 3 is 2.62 bits per heavy atom. The maximum Gasteiger partial charge on any atom is 0.156 e. The lowest BCUT2D eigenvalue weighted by Gasteiger charge is -2.43. The molecule has 2 fully saturated rings. The smallest absolute Gasteiger partial charge is 0.156 e. The number of rotatable bonds is 2. The van der Waals surface area contributed by atoms with Crippen molar-refractivity contribution in [3.8, 4) is 0 Å². The van der Waals surface area contributed by atoms with Crippen molar-refractivity contribution in [2.75, 3.05) is 13.1 Å². The summed E-state index contributed by atoms with van der Waals surface area (Å²) in [5.41, 5.74) is -0.445. The van der Waals surface area contributed by atoms with Gasteiger partial charge >= 0.3 is 0 Å². The fraction of sp³-hybridized carbons (Fsp3) is 0.909. The van der Waals surface area contributed by atoms with Crippen LogP contribution in [-0.4, -0.2) is 30.6 Å². The third-order valence-corrected chi connectivity index (χ3v) is 4.92. The third kappa shape index (κ3) is 2.26. The molecule has 3 nitrogen and oxygen atoms in total. The van der Waals surface area contributed by atoms with Gasteiger partial charge in [0.15, 0.2) is 5.78 Å². The molecule has 2 aliphatic rings. The quantitative estimate of drug-likeness (QED) is 0.595. The van der Waals surface area contributed by atoms with Gasteiger partial charge in [-0.25, -0.2) is 7.92 Å². The summed E-state index contributed by atoms with van der Waals surface area (Å²) in [6.45, 7) is 1.47. The lowest BCUT2D eigenvalue weighted by molar-refractivity contribution is -0.128. The molecule has 1 unspecified atom stereocenters. The molecule has 1 saturated heterocycles. The molecular weight excluding hydrogens is 322 g/mol. The molecule has 1 atom stereocenters. The molecule has 0 radical (unpaired) electrons. The first kappa shape index (κ1) is 12.7. The molecule has 2 N–H and O–H groups in total. The van der Waals surface area contributed by atoms with Crippen molar-refractivity contribution in [3.63, 3.8) is 0 Å². The number of alkyl halides is 1. The van der Waals surface area contributed by atoms with Gasteiger partial charge in [0.25, 0.3) is 0 Å². The van der Waals surface area contributed by atoms with E-state index < -0.39 is 11.7 Å². The molecule has 92 valence electrons. The van der Waals surface area contributed by atoms with E-state index in [1.54, 1.807) is 0 Å². The van der Waals surface area contributed by atoms with Crippen molar-refractivity contribution in [1.82, 2.24) is 8.85 Å². The summed E-state index contributed by atoms with van der Waals surface area (Å²) in [5, 5.41) is 3.28. The lowest BCUT2D eigenvalue weighted by Crippen LogP contribution is -2.63. The maximum atomic E-state index is 13.1. The molecule has 0 bridgehead atoms. The van der Waals surface area contributed by atoms with Gasteiger partial charge in [0.05, 0.1) is 0 Å². The Hall–Kier alpha value is 0.250. The van der Waals surface area contributed by atoms with Crippen molar-refractivity contribution < 1.29 is 9.18 Å². The Bertz CT molecular complexity index is 269. The van der Waals surface area contributed by atoms with Crippen LogP contribution in [0.25, 0.3) is 0 Å². The second-order valence-corrected chi connectivity index (χ2v) is 5.40. The van der Waals surface area contributed by atoms with E-state index in [1.165, 1.54) is 0 Å². The summed E-state index contributed by atoms with van der Waals surface area (Å²) in [6, 6.07) is 0. The van der Waals surface area contributed by atoms with Crippen LogP contribution in [0, 0.1) is 5.92 Å². The lowest BCUT2D eigenvalue weighted by atomic mass is 9.71. The van der Waals surface area contributed by atoms with E-state index in [2.05, 4.69) is 31.7 Å². The highest BCUT2D eigenvalue weighted by Crippen LogP contribution is 2.36. The number of carbonyl (C=O) groups is 1. The molecule has 5 heteroatoms. The zero-order valence-corrected chi connectivity index (χ0v) is 11.4. The van der Waals surface area contributed by atoms with E-state index in [9.17, 15) is 9.18 Å². The standard InChI is InChI=1S/C11H18FIN2O/c12-9-3-1-8(2-4-9)11(15-13)7-14-6-5-10(11)16/h8-9,14-15H,1-7H2. The average Bonchev–Trinajstić information content (AvgIpc) is 2.31. The molecule has 0 aromatic heterocycles. The summed E-state index contributed by atoms with van der Waals surface area (Å²) < 4.78 is 16.3. The number of carbonyl (C=O) groups excluding carboxylic acids is 1. The summed E-state index contributed by atoms with van der Waals surface area (Å²) >= 11 is 2.08. The normalized spacial score (nSPS) is 41.0. The molecule has 0 spiro atoms. The van der Waals surface area contributed by atoms with Gasteiger partial charge in [0.1, 0.15) is 11.7 Å². The van der Waals surface area contributed by atoms with E-state index in [0.29, 0.717) is 31.6 Å². The summed E-state index contributed by atoms with van der Waals surface area (Å²) in [6.07, 6.45) is 2.80. The first-order valence-corrected chi connectivity index (χ1v) is 7.03. The fourth-order valence-corrected chi connectivity index (χ4v) is 3.82. The maximum absolute atomic E-state index is 13.1. The van der Waals surface area contributed by atoms with Gasteiger partial charge in [-0.2, -0.15) is 0 Å². The Labute approximate surface area is 109 Å². The average molecular weight is 340 g/mol. The van der Waals surface area contributed by atoms with Gasteiger partial charge in [0.2, 0.25) is 0 Å². The fourth-order valence-electron chi connectivity index (χ4n) is 2.89. The first-order chi connectivity index (χ1) is 7.69. The van der Waals surface area contributed by atoms with Crippen LogP contribution in [0.15, 0.2) is 0 Å². The van der Waals surface area contributed by atoms with Gasteiger partial charge < -0.3 is 5.32 Å². The van der Waals surface area contributed by atoms with Crippen LogP contribution in [-0.2, 0) is 4.79 Å². The Balaban J connectivity index is 2.10. The number of piperidine rings is 1. The van der Waals surface area contributed by atoms with Gasteiger partial charge in [-0.3, -0.25) is 4.79 Å². The van der Waals surface area contributed by atoms with E-state index in [1.807, 2.05) is 0 Å². The molecule has 16 heavy (non-hydrogen) atoms. The number of ketones is 1. The van der Waals surface area contributed by atoms with Crippen LogP contribution in [0.3, 0.4) is 0 Å². The van der Waals surface area contributed by atoms with Gasteiger partial charge in [-0.05, 0) is 31.6 Å². The van der Waals surface area contributed by atoms with Crippen molar-refractivity contribution in [1.29, 1.82) is 0 Å². The van der Waals surface area contributed by atoms with Crippen molar-refractivity contribution in [3.05, 3.63) is 0 Å². The molecule has 0 aromatic carbocycles. The monoisotopic (exact) mass is 340 g/mol. The van der Waals surface area contributed by atoms with Crippen molar-refractivity contribution >= 4 is 28.6 Å². The summed E-state index contributed by atoms with van der Waals surface area (Å²) in [7, 11) is 0. The van der Waals surface area contributed by atoms with Crippen LogP contribution in [0.1, 0.15) is 32.1 Å². The Kier molecular flexibility index (Phi) is 4.18.